The topological polar surface area (TPSA) is 25.2 Å². The molecule has 2 nitrogen and oxygen atoms in total. The normalized spacial score (nSPS) is 12.5. The minimum absolute atomic E-state index is 0.0648. The summed E-state index contributed by atoms with van der Waals surface area (Å²) in [6, 6.07) is 1.44. The van der Waals surface area contributed by atoms with Gasteiger partial charge in [-0.05, 0) is 11.4 Å². The Morgan fingerprint density at radius 3 is 2.69 bits per heavy atom. The van der Waals surface area contributed by atoms with Gasteiger partial charge in [-0.2, -0.15) is 17.9 Å². The largest absolute Gasteiger partial charge is 0.428 e. The fraction of sp³-hybridized carbons (Fsp3) is 0.143. The molecule has 0 aromatic carbocycles. The molecule has 0 unspecified atom stereocenters. The van der Waals surface area contributed by atoms with Gasteiger partial charge in [0.2, 0.25) is 0 Å². The summed E-state index contributed by atoms with van der Waals surface area (Å²) in [4.78, 5) is 0. The van der Waals surface area contributed by atoms with E-state index in [0.717, 1.165) is 11.3 Å². The van der Waals surface area contributed by atoms with Gasteiger partial charge in [-0.1, -0.05) is 0 Å². The Kier molecular flexibility index (Phi) is 1.56. The zero-order chi connectivity index (χ0) is 9.64. The highest BCUT2D eigenvalue weighted by Crippen LogP contribution is 2.37. The van der Waals surface area contributed by atoms with E-state index >= 15 is 0 Å². The van der Waals surface area contributed by atoms with Crippen molar-refractivity contribution < 1.29 is 18.4 Å². The van der Waals surface area contributed by atoms with Crippen LogP contribution < -0.4 is 0 Å². The Hall–Kier alpha value is -1.17. The Balaban J connectivity index is 2.76. The Labute approximate surface area is 74.8 Å². The maximum Gasteiger partial charge on any atom is 0.419 e. The van der Waals surface area contributed by atoms with Gasteiger partial charge in [0.05, 0.1) is 22.0 Å². The van der Waals surface area contributed by atoms with E-state index in [1.54, 1.807) is 0 Å². The first-order valence-electron chi connectivity index (χ1n) is 3.35. The summed E-state index contributed by atoms with van der Waals surface area (Å²) in [5, 5.41) is 10.6. The first kappa shape index (κ1) is 8.43. The molecular formula is C7H4F3NOS. The average Bonchev–Trinajstić information content (AvgIpc) is 2.51. The van der Waals surface area contributed by atoms with Crippen LogP contribution in [0.5, 0.6) is 0 Å². The number of hydrogen-bond acceptors (Lipinski definition) is 2. The maximum atomic E-state index is 12.3. The van der Waals surface area contributed by atoms with Gasteiger partial charge in [-0.15, -0.1) is 11.3 Å². The van der Waals surface area contributed by atoms with Crippen molar-refractivity contribution in [1.82, 2.24) is 4.73 Å². The Bertz CT molecular complexity index is 442. The second-order valence-corrected chi connectivity index (χ2v) is 3.44. The van der Waals surface area contributed by atoms with E-state index in [-0.39, 0.29) is 10.2 Å². The molecule has 0 bridgehead atoms. The van der Waals surface area contributed by atoms with Crippen LogP contribution >= 0.6 is 11.3 Å². The molecule has 0 saturated heterocycles. The minimum atomic E-state index is -4.41. The molecule has 13 heavy (non-hydrogen) atoms. The minimum Gasteiger partial charge on any atom is -0.428 e. The molecule has 0 aliphatic rings. The summed E-state index contributed by atoms with van der Waals surface area (Å²) in [5.41, 5.74) is -0.600. The molecule has 0 radical (unpaired) electrons. The summed E-state index contributed by atoms with van der Waals surface area (Å²) >= 11 is 0.961. The fourth-order valence-corrected chi connectivity index (χ4v) is 2.05. The zero-order valence-corrected chi connectivity index (χ0v) is 6.99. The lowest BCUT2D eigenvalue weighted by Crippen LogP contribution is -2.03. The van der Waals surface area contributed by atoms with Crippen LogP contribution in [-0.2, 0) is 6.18 Å². The Morgan fingerprint density at radius 2 is 2.08 bits per heavy atom. The molecule has 6 heteroatoms. The standard InChI is InChI=1S/C7H4F3NOS/c8-7(9,10)4-3-11(12)5-1-2-13-6(4)5/h1-3,12H. The van der Waals surface area contributed by atoms with Crippen molar-refractivity contribution in [3.05, 3.63) is 23.2 Å². The monoisotopic (exact) mass is 207 g/mol. The molecule has 70 valence electrons. The number of aromatic nitrogens is 1. The number of alkyl halides is 3. The molecule has 0 aliphatic carbocycles. The second-order valence-electron chi connectivity index (χ2n) is 2.52. The maximum absolute atomic E-state index is 12.3. The molecule has 2 heterocycles. The summed E-state index contributed by atoms with van der Waals surface area (Å²) in [5.74, 6) is 0. The highest BCUT2D eigenvalue weighted by Gasteiger charge is 2.35. The lowest BCUT2D eigenvalue weighted by atomic mass is 10.3. The van der Waals surface area contributed by atoms with Crippen LogP contribution in [0, 0.1) is 0 Å². The van der Waals surface area contributed by atoms with Crippen molar-refractivity contribution in [1.29, 1.82) is 0 Å². The Morgan fingerprint density at radius 1 is 1.38 bits per heavy atom. The number of fused-ring (bicyclic) bond motifs is 1. The summed E-state index contributed by atoms with van der Waals surface area (Å²) in [6.07, 6.45) is -3.72. The summed E-state index contributed by atoms with van der Waals surface area (Å²) < 4.78 is 37.4. The molecule has 0 atom stereocenters. The predicted molar refractivity (Wildman–Crippen MR) is 42.0 cm³/mol. The van der Waals surface area contributed by atoms with E-state index in [4.69, 9.17) is 5.21 Å². The zero-order valence-electron chi connectivity index (χ0n) is 6.17. The van der Waals surface area contributed by atoms with Crippen molar-refractivity contribution in [3.63, 3.8) is 0 Å². The van der Waals surface area contributed by atoms with Crippen molar-refractivity contribution in [2.45, 2.75) is 6.18 Å². The average molecular weight is 207 g/mol. The molecule has 0 amide bonds. The number of thiophene rings is 1. The second kappa shape index (κ2) is 2.41. The number of nitrogens with zero attached hydrogens (tertiary/aromatic N) is 1. The lowest BCUT2D eigenvalue weighted by Gasteiger charge is -2.01. The van der Waals surface area contributed by atoms with Gasteiger partial charge < -0.3 is 5.21 Å². The van der Waals surface area contributed by atoms with Crippen molar-refractivity contribution in [2.24, 2.45) is 0 Å². The molecule has 0 aliphatic heterocycles. The van der Waals surface area contributed by atoms with E-state index in [2.05, 4.69) is 0 Å². The predicted octanol–water partition coefficient (Wildman–Crippen LogP) is 2.96. The van der Waals surface area contributed by atoms with E-state index in [0.29, 0.717) is 10.9 Å². The first-order valence-corrected chi connectivity index (χ1v) is 4.23. The van der Waals surface area contributed by atoms with Gasteiger partial charge in [0.15, 0.2) is 0 Å². The van der Waals surface area contributed by atoms with E-state index in [1.165, 1.54) is 11.4 Å². The van der Waals surface area contributed by atoms with Gasteiger partial charge in [0, 0.05) is 0 Å². The van der Waals surface area contributed by atoms with Crippen LogP contribution in [0.15, 0.2) is 17.6 Å². The highest BCUT2D eigenvalue weighted by molar-refractivity contribution is 7.17. The van der Waals surface area contributed by atoms with Crippen LogP contribution in [0.1, 0.15) is 5.56 Å². The molecule has 2 aromatic heterocycles. The van der Waals surface area contributed by atoms with Crippen molar-refractivity contribution in [3.8, 4) is 0 Å². The molecule has 0 fully saturated rings. The number of rotatable bonds is 0. The van der Waals surface area contributed by atoms with Crippen LogP contribution in [-0.4, -0.2) is 9.94 Å². The van der Waals surface area contributed by atoms with Gasteiger partial charge in [0.1, 0.15) is 0 Å². The first-order chi connectivity index (χ1) is 6.00. The van der Waals surface area contributed by atoms with Gasteiger partial charge in [-0.25, -0.2) is 0 Å². The van der Waals surface area contributed by atoms with Gasteiger partial charge in [0.25, 0.3) is 0 Å². The van der Waals surface area contributed by atoms with Gasteiger partial charge >= 0.3 is 6.18 Å². The molecule has 2 aromatic rings. The highest BCUT2D eigenvalue weighted by atomic mass is 32.1. The molecule has 1 N–H and O–H groups in total. The third kappa shape index (κ3) is 1.17. The van der Waals surface area contributed by atoms with Crippen LogP contribution in [0.2, 0.25) is 0 Å². The van der Waals surface area contributed by atoms with E-state index in [9.17, 15) is 13.2 Å². The van der Waals surface area contributed by atoms with Crippen molar-refractivity contribution >= 4 is 21.6 Å². The SMILES string of the molecule is On1cc(C(F)(F)F)c2sccc21. The molecule has 0 spiro atoms. The quantitative estimate of drug-likeness (QED) is 0.660. The third-order valence-corrected chi connectivity index (χ3v) is 2.63. The van der Waals surface area contributed by atoms with Crippen LogP contribution in [0.3, 0.4) is 0 Å². The van der Waals surface area contributed by atoms with Crippen LogP contribution in [0.4, 0.5) is 13.2 Å². The number of halogens is 3. The van der Waals surface area contributed by atoms with Gasteiger partial charge in [-0.3, -0.25) is 0 Å². The third-order valence-electron chi connectivity index (χ3n) is 1.69. The van der Waals surface area contributed by atoms with E-state index < -0.39 is 11.7 Å². The van der Waals surface area contributed by atoms with Crippen molar-refractivity contribution in [2.75, 3.05) is 0 Å². The fourth-order valence-electron chi connectivity index (χ4n) is 1.14. The van der Waals surface area contributed by atoms with Crippen LogP contribution in [0.25, 0.3) is 10.2 Å². The molecule has 2 rings (SSSR count). The summed E-state index contributed by atoms with van der Waals surface area (Å²) in [7, 11) is 0. The summed E-state index contributed by atoms with van der Waals surface area (Å²) in [6.45, 7) is 0. The smallest absolute Gasteiger partial charge is 0.419 e. The molecule has 0 saturated carbocycles. The number of hydrogen-bond donors (Lipinski definition) is 1. The lowest BCUT2D eigenvalue weighted by molar-refractivity contribution is -0.136. The van der Waals surface area contributed by atoms with E-state index in [1.807, 2.05) is 0 Å². The molecular weight excluding hydrogens is 203 g/mol.